The topological polar surface area (TPSA) is 281 Å². The molecule has 2 aliphatic heterocycles. The normalized spacial score (nSPS) is 20.9. The smallest absolute Gasteiger partial charge is 0.431 e. The first-order chi connectivity index (χ1) is 45.2. The van der Waals surface area contributed by atoms with Crippen LogP contribution in [-0.4, -0.2) is 180 Å². The van der Waals surface area contributed by atoms with Gasteiger partial charge in [0.05, 0.1) is 54.7 Å². The van der Waals surface area contributed by atoms with Crippen LogP contribution in [0.25, 0.3) is 0 Å². The van der Waals surface area contributed by atoms with Crippen molar-refractivity contribution in [3.05, 3.63) is 59.7 Å². The minimum absolute atomic E-state index is 0.0000323. The third-order valence-corrected chi connectivity index (χ3v) is 19.8. The number of amides is 5. The van der Waals surface area contributed by atoms with Gasteiger partial charge in [-0.05, 0) is 112 Å². The lowest BCUT2D eigenvalue weighted by molar-refractivity contribution is -0.243. The molecular weight excluding hydrogens is 1250 g/mol. The summed E-state index contributed by atoms with van der Waals surface area (Å²) >= 11 is 1.37. The number of hydrogen-bond acceptors (Lipinski definition) is 19. The average molecular weight is 1370 g/mol. The molecule has 5 unspecified atom stereocenters. The van der Waals surface area contributed by atoms with Crippen LogP contribution >= 0.6 is 11.8 Å². The number of methoxy groups -OCH3 is 2. The maximum Gasteiger partial charge on any atom is 0.431 e. The number of anilines is 1. The van der Waals surface area contributed by atoms with Crippen molar-refractivity contribution in [2.75, 3.05) is 58.3 Å². The Balaban J connectivity index is 1.48. The summed E-state index contributed by atoms with van der Waals surface area (Å²) in [6, 6.07) is 12.0. The highest BCUT2D eigenvalue weighted by molar-refractivity contribution is 7.99. The number of nitrogens with zero attached hydrogens (tertiary/aromatic N) is 3. The summed E-state index contributed by atoms with van der Waals surface area (Å²) < 4.78 is 41.8. The van der Waals surface area contributed by atoms with Gasteiger partial charge < -0.3 is 58.3 Å². The molecule has 0 saturated carbocycles. The predicted octanol–water partition coefficient (Wildman–Crippen LogP) is 11.0. The van der Waals surface area contributed by atoms with E-state index in [1.807, 2.05) is 92.6 Å². The minimum atomic E-state index is -1.06. The van der Waals surface area contributed by atoms with Crippen molar-refractivity contribution in [2.24, 2.45) is 47.3 Å². The van der Waals surface area contributed by atoms with Crippen LogP contribution in [-0.2, 0) is 73.4 Å². The van der Waals surface area contributed by atoms with Gasteiger partial charge in [0.15, 0.2) is 17.7 Å². The Labute approximate surface area is 574 Å². The standard InChI is InChI=1S/C72H113N5O18S/c1-20-44(6)64(60(88-18)38-62(83)77-33-26-30-56(77)66(89-19)48(10)57(80)35-45(7)65(84)51-27-22-21-23-28-51)75(16)68(85)55(42(2)3)37-58(81)63(43(4)5)76(17)71(87)90-39-52-36-53(31-32-59(52)94-69-67(93-50(12)78)47(9)46(8)49(11)92-69)73-61(82)41-96-34-25-24-29-54(79)40-91-74-70(86)95-72(13,14)15/h21-23,27-28,31-32,36,42-49,55-56,60,63-67,69,84H,20,24-26,29-30,33-35,37-41H2,1-19H3,(H,73,82)(H,74,86)/t44-,45-,46?,47?,48-,49?,55-,56-,60+,63-,64-,65+,66+,67?,69?/m0/s1. The number of Topliss-reactive ketones (excluding diaryl/α,β-unsaturated/α-hetero) is 3. The van der Waals surface area contributed by atoms with E-state index in [1.54, 1.807) is 76.8 Å². The molecular formula is C72H113N5O18S. The highest BCUT2D eigenvalue weighted by Gasteiger charge is 2.46. The van der Waals surface area contributed by atoms with Crippen molar-refractivity contribution in [2.45, 2.75) is 229 Å². The summed E-state index contributed by atoms with van der Waals surface area (Å²) in [5.41, 5.74) is 2.78. The van der Waals surface area contributed by atoms with E-state index < -0.39 is 96.9 Å². The molecule has 2 aromatic carbocycles. The van der Waals surface area contributed by atoms with E-state index in [9.17, 15) is 43.5 Å². The number of benzene rings is 2. The largest absolute Gasteiger partial charge is 0.460 e. The number of ether oxygens (including phenoxy) is 7. The number of aliphatic hydroxyl groups excluding tert-OH is 1. The number of hydrogen-bond donors (Lipinski definition) is 3. The van der Waals surface area contributed by atoms with Gasteiger partial charge in [-0.3, -0.25) is 38.4 Å². The molecule has 2 aliphatic rings. The fraction of sp³-hybridized carbons (Fsp3) is 0.708. The first-order valence-corrected chi connectivity index (χ1v) is 35.2. The van der Waals surface area contributed by atoms with Gasteiger partial charge in [0.1, 0.15) is 30.3 Å². The molecule has 0 bridgehead atoms. The Morgan fingerprint density at radius 1 is 0.823 bits per heavy atom. The average Bonchev–Trinajstić information content (AvgIpc) is 1.09. The van der Waals surface area contributed by atoms with Crippen LogP contribution in [0.5, 0.6) is 5.75 Å². The van der Waals surface area contributed by atoms with Crippen LogP contribution in [0.1, 0.15) is 179 Å². The minimum Gasteiger partial charge on any atom is -0.460 e. The lowest BCUT2D eigenvalue weighted by atomic mass is 9.83. The second kappa shape index (κ2) is 39.4. The van der Waals surface area contributed by atoms with Crippen LogP contribution in [0.2, 0.25) is 0 Å². The number of carbonyl (C=O) groups excluding carboxylic acids is 9. The van der Waals surface area contributed by atoms with E-state index in [4.69, 9.17) is 38.0 Å². The van der Waals surface area contributed by atoms with Crippen molar-refractivity contribution in [1.29, 1.82) is 0 Å². The van der Waals surface area contributed by atoms with Gasteiger partial charge in [-0.1, -0.05) is 106 Å². The van der Waals surface area contributed by atoms with Gasteiger partial charge in [-0.25, -0.2) is 9.59 Å². The zero-order valence-corrected chi connectivity index (χ0v) is 61.3. The number of unbranched alkanes of at least 4 members (excludes halogenated alkanes) is 1. The zero-order chi connectivity index (χ0) is 71.9. The molecule has 23 nitrogen and oxygen atoms in total. The molecule has 2 aromatic rings. The van der Waals surface area contributed by atoms with E-state index in [0.29, 0.717) is 55.7 Å². The predicted molar refractivity (Wildman–Crippen MR) is 366 cm³/mol. The quantitative estimate of drug-likeness (QED) is 0.0244. The van der Waals surface area contributed by atoms with Gasteiger partial charge in [0.25, 0.3) is 0 Å². The van der Waals surface area contributed by atoms with Crippen molar-refractivity contribution >= 4 is 70.7 Å². The lowest BCUT2D eigenvalue weighted by Crippen LogP contribution is -2.54. The number of nitrogens with one attached hydrogen (secondary N) is 2. The molecule has 15 atom stereocenters. The van der Waals surface area contributed by atoms with Gasteiger partial charge in [0, 0.05) is 90.1 Å². The van der Waals surface area contributed by atoms with E-state index in [0.717, 1.165) is 5.56 Å². The molecule has 0 aromatic heterocycles. The number of aliphatic hydroxyl groups is 1. The monoisotopic (exact) mass is 1370 g/mol. The lowest BCUT2D eigenvalue weighted by Gasteiger charge is -2.42. The van der Waals surface area contributed by atoms with Crippen LogP contribution in [0, 0.1) is 47.3 Å². The Morgan fingerprint density at radius 3 is 2.10 bits per heavy atom. The van der Waals surface area contributed by atoms with Crippen molar-refractivity contribution < 1.29 is 86.3 Å². The van der Waals surface area contributed by atoms with Crippen LogP contribution in [0.15, 0.2) is 48.5 Å². The molecule has 96 heavy (non-hydrogen) atoms. The highest BCUT2D eigenvalue weighted by atomic mass is 32.2. The van der Waals surface area contributed by atoms with Gasteiger partial charge in [-0.2, -0.15) is 17.2 Å². The summed E-state index contributed by atoms with van der Waals surface area (Å²) in [5, 5.41) is 14.0. The Morgan fingerprint density at radius 2 is 1.50 bits per heavy atom. The molecule has 2 heterocycles. The number of ketones is 3. The number of rotatable bonds is 38. The highest BCUT2D eigenvalue weighted by Crippen LogP contribution is 2.37. The number of hydroxylamine groups is 1. The van der Waals surface area contributed by atoms with E-state index in [-0.39, 0.29) is 115 Å². The third kappa shape index (κ3) is 24.7. The summed E-state index contributed by atoms with van der Waals surface area (Å²) in [6.07, 6.45) is -2.78. The van der Waals surface area contributed by atoms with Crippen LogP contribution in [0.4, 0.5) is 15.3 Å². The number of likely N-dealkylation sites (tertiary alicyclic amines) is 1. The second-order valence-electron chi connectivity index (χ2n) is 27.9. The number of carbonyl (C=O) groups is 9. The summed E-state index contributed by atoms with van der Waals surface area (Å²) in [5.74, 6) is -4.00. The zero-order valence-electron chi connectivity index (χ0n) is 60.5. The Kier molecular flexibility index (Phi) is 33.8. The first kappa shape index (κ1) is 82.2. The molecule has 4 rings (SSSR count). The van der Waals surface area contributed by atoms with Crippen molar-refractivity contribution in [1.82, 2.24) is 20.2 Å². The second-order valence-corrected chi connectivity index (χ2v) is 29.0. The van der Waals surface area contributed by atoms with Crippen LogP contribution in [0.3, 0.4) is 0 Å². The van der Waals surface area contributed by atoms with E-state index in [1.165, 1.54) is 37.7 Å². The fourth-order valence-corrected chi connectivity index (χ4v) is 13.6. The van der Waals surface area contributed by atoms with Gasteiger partial charge in [-0.15, -0.1) is 0 Å². The van der Waals surface area contributed by atoms with E-state index >= 15 is 4.79 Å². The fourth-order valence-electron chi connectivity index (χ4n) is 12.8. The summed E-state index contributed by atoms with van der Waals surface area (Å²) in [4.78, 5) is 132. The molecule has 0 aliphatic carbocycles. The maximum atomic E-state index is 15.0. The molecule has 540 valence electrons. The number of esters is 1. The third-order valence-electron chi connectivity index (χ3n) is 18.7. The van der Waals surface area contributed by atoms with Gasteiger partial charge in [0.2, 0.25) is 24.0 Å². The van der Waals surface area contributed by atoms with Crippen molar-refractivity contribution in [3.8, 4) is 5.75 Å². The SMILES string of the molecule is CC[C@H](C)[C@@H]([C@@H](CC(=O)N1CCC[C@H]1[C@H](OC)[C@@H](C)C(=O)C[C@H](C)[C@@H](O)c1ccccc1)OC)N(C)C(=O)[C@@H](CC(=O)[C@H](C(C)C)N(C)C(=O)OCc1cc(NC(=O)CSCCCCC(=O)CONC(=O)OC(C)(C)C)ccc1OC1OC(C)C(C)C(C)C1OC(C)=O)C(C)C. The molecule has 24 heteroatoms. The Bertz CT molecular complexity index is 2850. The number of likely N-dealkylation sites (N-methyl/N-ethyl adjacent to an activating group) is 2. The molecule has 0 spiro atoms. The number of thioether (sulfide) groups is 1. The Hall–Kier alpha value is -6.18. The molecule has 2 saturated heterocycles. The maximum absolute atomic E-state index is 15.0. The molecule has 0 radical (unpaired) electrons. The molecule has 2 fully saturated rings. The van der Waals surface area contributed by atoms with Crippen molar-refractivity contribution in [3.63, 3.8) is 0 Å². The molecule has 5 amide bonds. The first-order valence-electron chi connectivity index (χ1n) is 34.1. The molecule has 3 N–H and O–H groups in total. The van der Waals surface area contributed by atoms with Gasteiger partial charge >= 0.3 is 18.2 Å². The van der Waals surface area contributed by atoms with E-state index in [2.05, 4.69) is 10.8 Å². The summed E-state index contributed by atoms with van der Waals surface area (Å²) in [7, 11) is 6.22. The summed E-state index contributed by atoms with van der Waals surface area (Å²) in [6.45, 7) is 27.0. The van der Waals surface area contributed by atoms with Crippen LogP contribution < -0.4 is 15.5 Å².